The minimum Gasteiger partial charge on any atom is -0.461 e. The van der Waals surface area contributed by atoms with Gasteiger partial charge >= 0.3 is 5.97 Å². The van der Waals surface area contributed by atoms with E-state index in [1.165, 1.54) is 0 Å². The van der Waals surface area contributed by atoms with E-state index in [4.69, 9.17) is 4.74 Å². The van der Waals surface area contributed by atoms with Crippen molar-refractivity contribution in [1.82, 2.24) is 5.32 Å². The first-order chi connectivity index (χ1) is 13.7. The number of rotatable bonds is 6. The van der Waals surface area contributed by atoms with Crippen LogP contribution in [0.5, 0.6) is 0 Å². The predicted octanol–water partition coefficient (Wildman–Crippen LogP) is 4.90. The van der Waals surface area contributed by atoms with Crippen LogP contribution >= 0.6 is 11.8 Å². The van der Waals surface area contributed by atoms with Crippen molar-refractivity contribution in [2.24, 2.45) is 5.41 Å². The van der Waals surface area contributed by atoms with Crippen molar-refractivity contribution < 1.29 is 14.3 Å². The van der Waals surface area contributed by atoms with Gasteiger partial charge in [0.25, 0.3) is 0 Å². The van der Waals surface area contributed by atoms with E-state index in [0.29, 0.717) is 18.6 Å². The molecule has 0 aromatic heterocycles. The molecule has 1 N–H and O–H groups in total. The Morgan fingerprint density at radius 2 is 2.03 bits per heavy atom. The van der Waals surface area contributed by atoms with Crippen LogP contribution in [0.2, 0.25) is 0 Å². The van der Waals surface area contributed by atoms with E-state index in [-0.39, 0.29) is 23.1 Å². The molecular formula is C24H31NO3S. The van der Waals surface area contributed by atoms with Gasteiger partial charge in [-0.15, -0.1) is 0 Å². The van der Waals surface area contributed by atoms with Crippen molar-refractivity contribution in [1.29, 1.82) is 0 Å². The van der Waals surface area contributed by atoms with E-state index in [9.17, 15) is 9.59 Å². The maximum atomic E-state index is 13.2. The summed E-state index contributed by atoms with van der Waals surface area (Å²) in [6, 6.07) is 8.10. The number of thioether (sulfide) groups is 1. The molecule has 2 aliphatic rings. The summed E-state index contributed by atoms with van der Waals surface area (Å²) in [6.07, 6.45) is 1.29. The highest BCUT2D eigenvalue weighted by Gasteiger charge is 2.43. The second-order valence-electron chi connectivity index (χ2n) is 8.68. The van der Waals surface area contributed by atoms with Gasteiger partial charge in [-0.1, -0.05) is 50.6 Å². The summed E-state index contributed by atoms with van der Waals surface area (Å²) in [5.74, 6) is 1.18. The second-order valence-corrected chi connectivity index (χ2v) is 10.1. The maximum absolute atomic E-state index is 13.2. The number of ether oxygens (including phenoxy) is 1. The van der Waals surface area contributed by atoms with E-state index in [2.05, 4.69) is 32.2 Å². The maximum Gasteiger partial charge on any atom is 0.336 e. The zero-order valence-electron chi connectivity index (χ0n) is 18.1. The molecule has 0 unspecified atom stereocenters. The molecule has 1 atom stereocenters. The van der Waals surface area contributed by atoms with Gasteiger partial charge in [0.15, 0.2) is 5.78 Å². The van der Waals surface area contributed by atoms with Crippen LogP contribution in [0.15, 0.2) is 46.8 Å². The number of allylic oxidation sites excluding steroid dienone is 3. The molecule has 0 spiro atoms. The van der Waals surface area contributed by atoms with Gasteiger partial charge in [-0.05, 0) is 37.0 Å². The SMILES string of the molecule is CCSCCOC(=O)C1=C(C)NC2=C(C(=O)CC(C)(C)C2)[C@H]1c1cccc(C)c1. The molecule has 0 fully saturated rings. The molecule has 1 aromatic carbocycles. The van der Waals surface area contributed by atoms with E-state index >= 15 is 0 Å². The Balaban J connectivity index is 2.03. The van der Waals surface area contributed by atoms with Gasteiger partial charge < -0.3 is 10.1 Å². The Hall–Kier alpha value is -2.01. The number of dihydropyridines is 1. The molecule has 1 aliphatic carbocycles. The van der Waals surface area contributed by atoms with E-state index < -0.39 is 0 Å². The number of Topliss-reactive ketones (excluding diaryl/α,β-unsaturated/α-hetero) is 1. The Kier molecular flexibility index (Phi) is 6.57. The molecule has 1 aromatic rings. The molecule has 3 rings (SSSR count). The van der Waals surface area contributed by atoms with Crippen molar-refractivity contribution >= 4 is 23.5 Å². The van der Waals surface area contributed by atoms with Crippen LogP contribution in [0.25, 0.3) is 0 Å². The van der Waals surface area contributed by atoms with E-state index in [1.54, 1.807) is 11.8 Å². The number of hydrogen-bond donors (Lipinski definition) is 1. The number of nitrogens with one attached hydrogen (secondary N) is 1. The van der Waals surface area contributed by atoms with Crippen LogP contribution in [-0.2, 0) is 14.3 Å². The molecule has 1 aliphatic heterocycles. The first-order valence-electron chi connectivity index (χ1n) is 10.3. The fraction of sp³-hybridized carbons (Fsp3) is 0.500. The number of carbonyl (C=O) groups is 2. The lowest BCUT2D eigenvalue weighted by molar-refractivity contribution is -0.138. The van der Waals surface area contributed by atoms with Crippen LogP contribution in [0.4, 0.5) is 0 Å². The summed E-state index contributed by atoms with van der Waals surface area (Å²) < 4.78 is 5.60. The lowest BCUT2D eigenvalue weighted by atomic mass is 9.68. The van der Waals surface area contributed by atoms with Crippen molar-refractivity contribution in [3.63, 3.8) is 0 Å². The summed E-state index contributed by atoms with van der Waals surface area (Å²) >= 11 is 1.74. The highest BCUT2D eigenvalue weighted by Crippen LogP contribution is 2.46. The van der Waals surface area contributed by atoms with Crippen molar-refractivity contribution in [2.75, 3.05) is 18.1 Å². The number of carbonyl (C=O) groups excluding carboxylic acids is 2. The van der Waals surface area contributed by atoms with E-state index in [1.807, 2.05) is 32.0 Å². The summed E-state index contributed by atoms with van der Waals surface area (Å²) in [5, 5.41) is 3.38. The second kappa shape index (κ2) is 8.78. The molecule has 0 saturated carbocycles. The van der Waals surface area contributed by atoms with Crippen molar-refractivity contribution in [3.05, 3.63) is 57.9 Å². The topological polar surface area (TPSA) is 55.4 Å². The zero-order chi connectivity index (χ0) is 21.2. The molecule has 29 heavy (non-hydrogen) atoms. The van der Waals surface area contributed by atoms with Gasteiger partial charge in [0.1, 0.15) is 6.61 Å². The lowest BCUT2D eigenvalue weighted by Crippen LogP contribution is -2.38. The molecule has 156 valence electrons. The third-order valence-electron chi connectivity index (χ3n) is 5.50. The molecule has 0 bridgehead atoms. The number of hydrogen-bond acceptors (Lipinski definition) is 5. The molecule has 0 amide bonds. The molecular weight excluding hydrogens is 382 g/mol. The number of aryl methyl sites for hydroxylation is 1. The summed E-state index contributed by atoms with van der Waals surface area (Å²) in [4.78, 5) is 26.3. The third-order valence-corrected chi connectivity index (χ3v) is 6.36. The first kappa shape index (κ1) is 21.7. The Morgan fingerprint density at radius 3 is 2.72 bits per heavy atom. The number of ketones is 1. The predicted molar refractivity (Wildman–Crippen MR) is 119 cm³/mol. The average molecular weight is 414 g/mol. The summed E-state index contributed by atoms with van der Waals surface area (Å²) in [6.45, 7) is 10.6. The minimum absolute atomic E-state index is 0.0876. The third kappa shape index (κ3) is 4.77. The number of esters is 1. The van der Waals surface area contributed by atoms with Gasteiger partial charge in [0.2, 0.25) is 0 Å². The first-order valence-corrected chi connectivity index (χ1v) is 11.4. The molecule has 0 radical (unpaired) electrons. The quantitative estimate of drug-likeness (QED) is 0.531. The van der Waals surface area contributed by atoms with Gasteiger partial charge in [-0.2, -0.15) is 11.8 Å². The smallest absolute Gasteiger partial charge is 0.336 e. The van der Waals surface area contributed by atoms with Crippen LogP contribution in [0.1, 0.15) is 57.6 Å². The Bertz CT molecular complexity index is 882. The standard InChI is InChI=1S/C24H31NO3S/c1-6-29-11-10-28-23(27)20-16(3)25-18-13-24(4,5)14-19(26)22(18)21(20)17-9-7-8-15(2)12-17/h7-9,12,21,25H,6,10-11,13-14H2,1-5H3/t21-/m0/s1. The molecule has 0 saturated heterocycles. The normalized spacial score (nSPS) is 21.0. The molecule has 5 heteroatoms. The zero-order valence-corrected chi connectivity index (χ0v) is 18.9. The molecule has 1 heterocycles. The Labute approximate surface area is 178 Å². The van der Waals surface area contributed by atoms with Crippen molar-refractivity contribution in [3.8, 4) is 0 Å². The fourth-order valence-electron chi connectivity index (χ4n) is 4.31. The fourth-order valence-corrected chi connectivity index (χ4v) is 4.79. The highest BCUT2D eigenvalue weighted by molar-refractivity contribution is 7.99. The van der Waals surface area contributed by atoms with Gasteiger partial charge in [-0.25, -0.2) is 4.79 Å². The van der Waals surface area contributed by atoms with Crippen LogP contribution in [-0.4, -0.2) is 29.9 Å². The van der Waals surface area contributed by atoms with Crippen LogP contribution in [0.3, 0.4) is 0 Å². The molecule has 4 nitrogen and oxygen atoms in total. The summed E-state index contributed by atoms with van der Waals surface area (Å²) in [5.41, 5.74) is 5.02. The van der Waals surface area contributed by atoms with E-state index in [0.717, 1.165) is 46.0 Å². The average Bonchev–Trinajstić information content (AvgIpc) is 2.63. The van der Waals surface area contributed by atoms with Gasteiger partial charge in [0.05, 0.1) is 5.57 Å². The van der Waals surface area contributed by atoms with Gasteiger partial charge in [-0.3, -0.25) is 4.79 Å². The monoisotopic (exact) mass is 413 g/mol. The Morgan fingerprint density at radius 1 is 1.28 bits per heavy atom. The number of benzene rings is 1. The minimum atomic E-state index is -0.374. The van der Waals surface area contributed by atoms with Crippen molar-refractivity contribution in [2.45, 2.75) is 53.4 Å². The van der Waals surface area contributed by atoms with Gasteiger partial charge in [0, 0.05) is 35.1 Å². The van der Waals surface area contributed by atoms with Crippen LogP contribution in [0, 0.1) is 12.3 Å². The highest BCUT2D eigenvalue weighted by atomic mass is 32.2. The lowest BCUT2D eigenvalue weighted by Gasteiger charge is -2.39. The van der Waals surface area contributed by atoms with Crippen LogP contribution < -0.4 is 5.32 Å². The summed E-state index contributed by atoms with van der Waals surface area (Å²) in [7, 11) is 0. The largest absolute Gasteiger partial charge is 0.461 e.